The molecule has 2 unspecified atom stereocenters. The molecule has 2 fully saturated rings. The lowest BCUT2D eigenvalue weighted by molar-refractivity contribution is -0.385. The van der Waals surface area contributed by atoms with Gasteiger partial charge in [0.25, 0.3) is 0 Å². The second kappa shape index (κ2) is 6.45. The number of rotatable bonds is 4. The number of aliphatic hydroxyl groups is 1. The molecular weight excluding hydrogens is 296 g/mol. The van der Waals surface area contributed by atoms with Gasteiger partial charge in [-0.15, -0.1) is 0 Å². The average molecular weight is 320 g/mol. The summed E-state index contributed by atoms with van der Waals surface area (Å²) in [7, 11) is 1.44. The van der Waals surface area contributed by atoms with E-state index in [4.69, 9.17) is 4.74 Å². The summed E-state index contributed by atoms with van der Waals surface area (Å²) in [5, 5.41) is 21.9. The van der Waals surface area contributed by atoms with E-state index in [2.05, 4.69) is 4.90 Å². The number of ether oxygens (including phenoxy) is 1. The molecule has 1 heterocycles. The summed E-state index contributed by atoms with van der Waals surface area (Å²) in [6.45, 7) is 2.39. The molecule has 0 spiro atoms. The van der Waals surface area contributed by atoms with Gasteiger partial charge in [-0.3, -0.25) is 15.0 Å². The number of nitro benzene ring substituents is 1. The van der Waals surface area contributed by atoms with Crippen LogP contribution in [0.2, 0.25) is 0 Å². The fourth-order valence-corrected chi connectivity index (χ4v) is 4.02. The Bertz CT molecular complexity index is 592. The van der Waals surface area contributed by atoms with Gasteiger partial charge in [0.1, 0.15) is 0 Å². The first kappa shape index (κ1) is 16.2. The van der Waals surface area contributed by atoms with Crippen LogP contribution in [0.5, 0.6) is 5.75 Å². The molecule has 0 amide bonds. The molecule has 3 rings (SSSR count). The topological polar surface area (TPSA) is 75.8 Å². The van der Waals surface area contributed by atoms with Crippen LogP contribution in [-0.2, 0) is 6.54 Å². The number of fused-ring (bicyclic) bond motifs is 1. The zero-order valence-electron chi connectivity index (χ0n) is 13.5. The lowest BCUT2D eigenvalue weighted by atomic mass is 9.71. The number of nitrogens with zero attached hydrogens (tertiary/aromatic N) is 2. The zero-order valence-corrected chi connectivity index (χ0v) is 13.5. The summed E-state index contributed by atoms with van der Waals surface area (Å²) < 4.78 is 5.05. The Morgan fingerprint density at radius 1 is 1.43 bits per heavy atom. The molecule has 6 heteroatoms. The number of likely N-dealkylation sites (tertiary alicyclic amines) is 1. The minimum absolute atomic E-state index is 0.0104. The van der Waals surface area contributed by atoms with Crippen molar-refractivity contribution < 1.29 is 14.8 Å². The van der Waals surface area contributed by atoms with Crippen LogP contribution < -0.4 is 4.74 Å². The summed E-state index contributed by atoms with van der Waals surface area (Å²) in [4.78, 5) is 13.0. The van der Waals surface area contributed by atoms with Crippen molar-refractivity contribution in [2.75, 3.05) is 20.2 Å². The van der Waals surface area contributed by atoms with Crippen LogP contribution in [0.15, 0.2) is 18.2 Å². The van der Waals surface area contributed by atoms with E-state index in [-0.39, 0.29) is 5.69 Å². The van der Waals surface area contributed by atoms with Gasteiger partial charge in [-0.25, -0.2) is 0 Å². The maximum Gasteiger partial charge on any atom is 0.311 e. The highest BCUT2D eigenvalue weighted by Gasteiger charge is 2.42. The molecule has 1 aliphatic heterocycles. The summed E-state index contributed by atoms with van der Waals surface area (Å²) in [5.74, 6) is 0.622. The first-order chi connectivity index (χ1) is 11.0. The molecule has 126 valence electrons. The largest absolute Gasteiger partial charge is 0.490 e. The molecule has 0 radical (unpaired) electrons. The van der Waals surface area contributed by atoms with Gasteiger partial charge in [-0.05, 0) is 30.9 Å². The normalized spacial score (nSPS) is 28.2. The monoisotopic (exact) mass is 320 g/mol. The molecule has 0 aromatic heterocycles. The van der Waals surface area contributed by atoms with Gasteiger partial charge in [0.2, 0.25) is 0 Å². The molecule has 23 heavy (non-hydrogen) atoms. The fourth-order valence-electron chi connectivity index (χ4n) is 4.02. The molecule has 1 saturated carbocycles. The molecule has 1 saturated heterocycles. The van der Waals surface area contributed by atoms with Gasteiger partial charge >= 0.3 is 5.69 Å². The Morgan fingerprint density at radius 3 is 3.00 bits per heavy atom. The van der Waals surface area contributed by atoms with Gasteiger partial charge in [-0.1, -0.05) is 18.9 Å². The SMILES string of the molecule is COc1ccc(CN2CCC3(O)CCCCC3C2)cc1[N+](=O)[O-]. The van der Waals surface area contributed by atoms with Crippen molar-refractivity contribution in [3.05, 3.63) is 33.9 Å². The van der Waals surface area contributed by atoms with Crippen LogP contribution >= 0.6 is 0 Å². The molecule has 6 nitrogen and oxygen atoms in total. The lowest BCUT2D eigenvalue weighted by Crippen LogP contribution is -2.52. The Balaban J connectivity index is 1.70. The molecule has 2 aliphatic rings. The molecule has 1 aromatic carbocycles. The van der Waals surface area contributed by atoms with Crippen molar-refractivity contribution in [1.82, 2.24) is 4.90 Å². The van der Waals surface area contributed by atoms with Crippen molar-refractivity contribution in [3.63, 3.8) is 0 Å². The Kier molecular flexibility index (Phi) is 4.55. The number of methoxy groups -OCH3 is 1. The number of hydrogen-bond donors (Lipinski definition) is 1. The van der Waals surface area contributed by atoms with E-state index in [0.29, 0.717) is 18.2 Å². The number of hydrogen-bond acceptors (Lipinski definition) is 5. The van der Waals surface area contributed by atoms with Gasteiger partial charge in [0.05, 0.1) is 17.6 Å². The Morgan fingerprint density at radius 2 is 2.26 bits per heavy atom. The van der Waals surface area contributed by atoms with E-state index in [0.717, 1.165) is 44.3 Å². The standard InChI is InChI=1S/C17H24N2O4/c1-23-16-6-5-13(10-15(16)19(21)22)11-18-9-8-17(20)7-3-2-4-14(17)12-18/h5-6,10,14,20H,2-4,7-9,11-12H2,1H3. The highest BCUT2D eigenvalue weighted by atomic mass is 16.6. The molecule has 2 atom stereocenters. The minimum atomic E-state index is -0.485. The van der Waals surface area contributed by atoms with Crippen LogP contribution in [0.4, 0.5) is 5.69 Å². The third kappa shape index (κ3) is 3.33. The van der Waals surface area contributed by atoms with E-state index in [1.54, 1.807) is 12.1 Å². The molecule has 0 bridgehead atoms. The van der Waals surface area contributed by atoms with Crippen molar-refractivity contribution >= 4 is 5.69 Å². The smallest absolute Gasteiger partial charge is 0.311 e. The fraction of sp³-hybridized carbons (Fsp3) is 0.647. The summed E-state index contributed by atoms with van der Waals surface area (Å²) >= 11 is 0. The molecule has 1 N–H and O–H groups in total. The van der Waals surface area contributed by atoms with Gasteiger partial charge < -0.3 is 9.84 Å². The van der Waals surface area contributed by atoms with E-state index in [9.17, 15) is 15.2 Å². The van der Waals surface area contributed by atoms with E-state index in [1.165, 1.54) is 13.5 Å². The quantitative estimate of drug-likeness (QED) is 0.682. The summed E-state index contributed by atoms with van der Waals surface area (Å²) in [5.41, 5.74) is 0.440. The molecular formula is C17H24N2O4. The van der Waals surface area contributed by atoms with Crippen molar-refractivity contribution in [3.8, 4) is 5.75 Å². The minimum Gasteiger partial charge on any atom is -0.490 e. The lowest BCUT2D eigenvalue weighted by Gasteiger charge is -2.47. The van der Waals surface area contributed by atoms with Crippen molar-refractivity contribution in [2.24, 2.45) is 5.92 Å². The second-order valence-corrected chi connectivity index (χ2v) is 6.79. The van der Waals surface area contributed by atoms with Crippen molar-refractivity contribution in [2.45, 2.75) is 44.2 Å². The van der Waals surface area contributed by atoms with E-state index >= 15 is 0 Å². The summed E-state index contributed by atoms with van der Waals surface area (Å²) in [6.07, 6.45) is 5.11. The zero-order chi connectivity index (χ0) is 16.4. The average Bonchev–Trinajstić information content (AvgIpc) is 2.55. The van der Waals surface area contributed by atoms with Gasteiger partial charge in [-0.2, -0.15) is 0 Å². The number of piperidine rings is 1. The van der Waals surface area contributed by atoms with Crippen LogP contribution in [0.3, 0.4) is 0 Å². The van der Waals surface area contributed by atoms with Gasteiger partial charge in [0.15, 0.2) is 5.75 Å². The molecule has 1 aromatic rings. The van der Waals surface area contributed by atoms with Crippen LogP contribution in [-0.4, -0.2) is 40.7 Å². The van der Waals surface area contributed by atoms with Crippen LogP contribution in [0.25, 0.3) is 0 Å². The third-order valence-electron chi connectivity index (χ3n) is 5.36. The maximum absolute atomic E-state index is 11.1. The Hall–Kier alpha value is -1.66. The number of nitro groups is 1. The van der Waals surface area contributed by atoms with E-state index < -0.39 is 10.5 Å². The first-order valence-electron chi connectivity index (χ1n) is 8.28. The molecule has 1 aliphatic carbocycles. The van der Waals surface area contributed by atoms with Crippen LogP contribution in [0, 0.1) is 16.0 Å². The number of benzene rings is 1. The maximum atomic E-state index is 11.1. The Labute approximate surface area is 136 Å². The predicted molar refractivity (Wildman–Crippen MR) is 86.5 cm³/mol. The van der Waals surface area contributed by atoms with Gasteiger partial charge in [0, 0.05) is 31.6 Å². The van der Waals surface area contributed by atoms with Crippen molar-refractivity contribution in [1.29, 1.82) is 0 Å². The highest BCUT2D eigenvalue weighted by Crippen LogP contribution is 2.40. The highest BCUT2D eigenvalue weighted by molar-refractivity contribution is 5.48. The van der Waals surface area contributed by atoms with E-state index in [1.807, 2.05) is 6.07 Å². The first-order valence-corrected chi connectivity index (χ1v) is 8.28. The second-order valence-electron chi connectivity index (χ2n) is 6.79. The third-order valence-corrected chi connectivity index (χ3v) is 5.36. The summed E-state index contributed by atoms with van der Waals surface area (Å²) in [6, 6.07) is 5.14. The predicted octanol–water partition coefficient (Wildman–Crippen LogP) is 2.73. The van der Waals surface area contributed by atoms with Crippen LogP contribution in [0.1, 0.15) is 37.7 Å².